The highest BCUT2D eigenvalue weighted by Gasteiger charge is 2.22. The van der Waals surface area contributed by atoms with Crippen molar-refractivity contribution in [3.05, 3.63) is 65.9 Å². The van der Waals surface area contributed by atoms with Gasteiger partial charge in [0.15, 0.2) is 11.5 Å². The van der Waals surface area contributed by atoms with E-state index >= 15 is 0 Å². The second-order valence-corrected chi connectivity index (χ2v) is 7.84. The lowest BCUT2D eigenvalue weighted by Gasteiger charge is -2.27. The molecule has 1 unspecified atom stereocenters. The molecule has 2 N–H and O–H groups in total. The lowest BCUT2D eigenvalue weighted by molar-refractivity contribution is 0.621. The maximum Gasteiger partial charge on any atom is 0.228 e. The molecule has 1 aliphatic heterocycles. The summed E-state index contributed by atoms with van der Waals surface area (Å²) < 4.78 is 15.5. The molecule has 1 atom stereocenters. The molecule has 30 heavy (non-hydrogen) atoms. The summed E-state index contributed by atoms with van der Waals surface area (Å²) in [6, 6.07) is 9.81. The van der Waals surface area contributed by atoms with Crippen molar-refractivity contribution in [3.8, 4) is 11.4 Å². The minimum absolute atomic E-state index is 0.128. The van der Waals surface area contributed by atoms with E-state index in [1.165, 1.54) is 17.8 Å². The third-order valence-electron chi connectivity index (χ3n) is 5.34. The Morgan fingerprint density at radius 2 is 2.03 bits per heavy atom. The second kappa shape index (κ2) is 7.37. The Labute approximate surface area is 173 Å². The molecule has 5 rings (SSSR count). The van der Waals surface area contributed by atoms with Gasteiger partial charge in [0.1, 0.15) is 5.82 Å². The van der Waals surface area contributed by atoms with Gasteiger partial charge in [0.05, 0.1) is 18.4 Å². The van der Waals surface area contributed by atoms with Crippen molar-refractivity contribution in [2.45, 2.75) is 32.2 Å². The zero-order chi connectivity index (χ0) is 20.7. The molecule has 3 aromatic heterocycles. The second-order valence-electron chi connectivity index (χ2n) is 7.84. The number of anilines is 2. The minimum Gasteiger partial charge on any atom is -0.383 e. The van der Waals surface area contributed by atoms with Crippen LogP contribution < -0.4 is 10.6 Å². The van der Waals surface area contributed by atoms with E-state index in [1.807, 2.05) is 18.3 Å². The zero-order valence-corrected chi connectivity index (χ0v) is 16.8. The molecule has 0 fully saturated rings. The number of para-hydroxylation sites is 1. The van der Waals surface area contributed by atoms with Crippen LogP contribution in [-0.4, -0.2) is 37.2 Å². The molecule has 0 radical (unpaired) electrons. The Kier molecular flexibility index (Phi) is 4.54. The zero-order valence-electron chi connectivity index (χ0n) is 16.8. The number of halogens is 1. The Balaban J connectivity index is 1.57. The van der Waals surface area contributed by atoms with Crippen molar-refractivity contribution in [2.24, 2.45) is 0 Å². The van der Waals surface area contributed by atoms with Crippen LogP contribution in [0.3, 0.4) is 0 Å². The average molecular weight is 403 g/mol. The van der Waals surface area contributed by atoms with Gasteiger partial charge in [0.25, 0.3) is 0 Å². The molecule has 0 saturated carbocycles. The number of benzene rings is 1. The summed E-state index contributed by atoms with van der Waals surface area (Å²) in [5.74, 6) is 0.823. The van der Waals surface area contributed by atoms with Crippen LogP contribution in [0.5, 0.6) is 0 Å². The number of pyridine rings is 1. The molecular formula is C22H22FN7. The monoisotopic (exact) mass is 403 g/mol. The quantitative estimate of drug-likeness (QED) is 0.538. The van der Waals surface area contributed by atoms with Crippen LogP contribution in [0.4, 0.5) is 16.0 Å². The third kappa shape index (κ3) is 3.34. The molecular weight excluding hydrogens is 381 g/mol. The van der Waals surface area contributed by atoms with Gasteiger partial charge in [-0.25, -0.2) is 9.37 Å². The maximum absolute atomic E-state index is 13.8. The van der Waals surface area contributed by atoms with E-state index in [-0.39, 0.29) is 12.0 Å². The molecule has 0 aliphatic carbocycles. The smallest absolute Gasteiger partial charge is 0.228 e. The van der Waals surface area contributed by atoms with E-state index in [2.05, 4.69) is 56.7 Å². The number of nitrogens with one attached hydrogen (secondary N) is 2. The van der Waals surface area contributed by atoms with Crippen LogP contribution in [0.25, 0.3) is 17.0 Å². The molecule has 0 spiro atoms. The number of fused-ring (bicyclic) bond motifs is 2. The van der Waals surface area contributed by atoms with Gasteiger partial charge in [0, 0.05) is 29.6 Å². The van der Waals surface area contributed by atoms with Crippen LogP contribution in [0.1, 0.15) is 30.9 Å². The predicted octanol–water partition coefficient (Wildman–Crippen LogP) is 3.90. The van der Waals surface area contributed by atoms with Crippen molar-refractivity contribution < 1.29 is 4.39 Å². The number of hydrogen-bond acceptors (Lipinski definition) is 6. The van der Waals surface area contributed by atoms with Gasteiger partial charge in [-0.2, -0.15) is 14.6 Å². The molecule has 0 amide bonds. The van der Waals surface area contributed by atoms with Gasteiger partial charge in [0.2, 0.25) is 5.95 Å². The summed E-state index contributed by atoms with van der Waals surface area (Å²) >= 11 is 0. The Hall–Kier alpha value is -3.55. The van der Waals surface area contributed by atoms with E-state index in [1.54, 1.807) is 10.7 Å². The number of aromatic nitrogens is 5. The first kappa shape index (κ1) is 18.5. The molecule has 4 aromatic rings. The normalized spacial score (nSPS) is 15.8. The molecule has 1 aromatic carbocycles. The van der Waals surface area contributed by atoms with E-state index in [9.17, 15) is 4.39 Å². The van der Waals surface area contributed by atoms with Gasteiger partial charge in [-0.15, -0.1) is 0 Å². The van der Waals surface area contributed by atoms with Crippen molar-refractivity contribution in [1.82, 2.24) is 24.6 Å². The average Bonchev–Trinajstić information content (AvgIpc) is 3.18. The van der Waals surface area contributed by atoms with Crippen molar-refractivity contribution in [1.29, 1.82) is 0 Å². The minimum atomic E-state index is -0.420. The Morgan fingerprint density at radius 3 is 2.87 bits per heavy atom. The van der Waals surface area contributed by atoms with E-state index in [4.69, 9.17) is 0 Å². The van der Waals surface area contributed by atoms with Gasteiger partial charge in [-0.05, 0) is 30.0 Å². The first-order valence-corrected chi connectivity index (χ1v) is 10.0. The third-order valence-corrected chi connectivity index (χ3v) is 5.34. The molecule has 8 heteroatoms. The summed E-state index contributed by atoms with van der Waals surface area (Å²) in [6.45, 7) is 4.95. The number of rotatable bonds is 4. The van der Waals surface area contributed by atoms with Gasteiger partial charge in [-0.1, -0.05) is 32.0 Å². The summed E-state index contributed by atoms with van der Waals surface area (Å²) in [5.41, 5.74) is 4.67. The topological polar surface area (TPSA) is 80.0 Å². The first-order chi connectivity index (χ1) is 14.6. The van der Waals surface area contributed by atoms with Crippen molar-refractivity contribution >= 4 is 17.3 Å². The van der Waals surface area contributed by atoms with Gasteiger partial charge < -0.3 is 10.6 Å². The summed E-state index contributed by atoms with van der Waals surface area (Å²) in [6.07, 6.45) is 5.43. The molecule has 0 bridgehead atoms. The molecule has 1 aliphatic rings. The first-order valence-electron chi connectivity index (χ1n) is 10.0. The molecule has 0 saturated heterocycles. The SMILES string of the molecule is CC(C)c1cnn2c(NC3CNc4ccccc4C3)nc(-c3cncc(F)c3)nc12. The lowest BCUT2D eigenvalue weighted by Crippen LogP contribution is -2.35. The molecule has 4 heterocycles. The summed E-state index contributed by atoms with van der Waals surface area (Å²) in [5, 5.41) is 11.5. The van der Waals surface area contributed by atoms with Crippen LogP contribution in [-0.2, 0) is 6.42 Å². The van der Waals surface area contributed by atoms with E-state index in [0.29, 0.717) is 23.0 Å². The largest absolute Gasteiger partial charge is 0.383 e. The van der Waals surface area contributed by atoms with E-state index < -0.39 is 5.82 Å². The molecule has 7 nitrogen and oxygen atoms in total. The van der Waals surface area contributed by atoms with Gasteiger partial charge in [-0.3, -0.25) is 4.98 Å². The highest BCUT2D eigenvalue weighted by atomic mass is 19.1. The number of hydrogen-bond donors (Lipinski definition) is 2. The fourth-order valence-corrected chi connectivity index (χ4v) is 3.78. The maximum atomic E-state index is 13.8. The lowest BCUT2D eigenvalue weighted by atomic mass is 10.00. The summed E-state index contributed by atoms with van der Waals surface area (Å²) in [7, 11) is 0. The highest BCUT2D eigenvalue weighted by molar-refractivity contribution is 5.62. The van der Waals surface area contributed by atoms with Gasteiger partial charge >= 0.3 is 0 Å². The highest BCUT2D eigenvalue weighted by Crippen LogP contribution is 2.26. The van der Waals surface area contributed by atoms with Crippen molar-refractivity contribution in [2.75, 3.05) is 17.2 Å². The standard InChI is InChI=1S/C22H22FN7/c1-13(2)18-12-26-30-21(18)28-20(15-7-16(23)10-24-9-15)29-22(30)27-17-8-14-5-3-4-6-19(14)25-11-17/h3-7,9-10,12-13,17,25H,8,11H2,1-2H3,(H,27,28,29). The molecule has 152 valence electrons. The van der Waals surface area contributed by atoms with E-state index in [0.717, 1.165) is 24.2 Å². The Bertz CT molecular complexity index is 1220. The van der Waals surface area contributed by atoms with Crippen LogP contribution in [0, 0.1) is 5.82 Å². The Morgan fingerprint density at radius 1 is 1.17 bits per heavy atom. The van der Waals surface area contributed by atoms with Crippen molar-refractivity contribution in [3.63, 3.8) is 0 Å². The van der Waals surface area contributed by atoms with Crippen LogP contribution in [0.2, 0.25) is 0 Å². The fraction of sp³-hybridized carbons (Fsp3) is 0.273. The van der Waals surface area contributed by atoms with Crippen LogP contribution in [0.15, 0.2) is 48.9 Å². The predicted molar refractivity (Wildman–Crippen MR) is 114 cm³/mol. The number of nitrogens with zero attached hydrogens (tertiary/aromatic N) is 5. The fourth-order valence-electron chi connectivity index (χ4n) is 3.78. The van der Waals surface area contributed by atoms with Crippen LogP contribution >= 0.6 is 0 Å². The summed E-state index contributed by atoms with van der Waals surface area (Å²) in [4.78, 5) is 13.3.